The number of nitrogens with one attached hydrogen (secondary N) is 1. The summed E-state index contributed by atoms with van der Waals surface area (Å²) in [6.07, 6.45) is 0.505. The average Bonchev–Trinajstić information content (AvgIpc) is 3.44. The van der Waals surface area contributed by atoms with Crippen molar-refractivity contribution < 1.29 is 27.9 Å². The van der Waals surface area contributed by atoms with Crippen molar-refractivity contribution in [2.75, 3.05) is 13.1 Å². The molecule has 3 aliphatic heterocycles. The van der Waals surface area contributed by atoms with Crippen LogP contribution in [0.15, 0.2) is 42.5 Å². The lowest BCUT2D eigenvalue weighted by Crippen LogP contribution is -2.64. The maximum Gasteiger partial charge on any atom is 0.251 e. The first-order valence-electron chi connectivity index (χ1n) is 11.0. The van der Waals surface area contributed by atoms with Crippen LogP contribution in [0.5, 0.6) is 0 Å². The lowest BCUT2D eigenvalue weighted by Gasteiger charge is -2.40. The third-order valence-electron chi connectivity index (χ3n) is 6.66. The summed E-state index contributed by atoms with van der Waals surface area (Å²) in [7, 11) is 0. The van der Waals surface area contributed by atoms with E-state index in [0.29, 0.717) is 19.4 Å². The monoisotopic (exact) mass is 489 g/mol. The molecule has 10 heteroatoms. The summed E-state index contributed by atoms with van der Waals surface area (Å²) >= 11 is 5.78. The van der Waals surface area contributed by atoms with Gasteiger partial charge >= 0.3 is 0 Å². The van der Waals surface area contributed by atoms with E-state index in [-0.39, 0.29) is 47.5 Å². The van der Waals surface area contributed by atoms with Crippen LogP contribution in [0.4, 0.5) is 8.78 Å². The molecule has 0 aliphatic carbocycles. The van der Waals surface area contributed by atoms with E-state index in [0.717, 1.165) is 11.6 Å². The summed E-state index contributed by atoms with van der Waals surface area (Å²) in [4.78, 5) is 42.2. The summed E-state index contributed by atoms with van der Waals surface area (Å²) < 4.78 is 32.4. The van der Waals surface area contributed by atoms with E-state index < -0.39 is 29.8 Å². The van der Waals surface area contributed by atoms with Gasteiger partial charge < -0.3 is 19.9 Å². The minimum Gasteiger partial charge on any atom is -0.372 e. The van der Waals surface area contributed by atoms with Crippen LogP contribution in [0.1, 0.15) is 28.8 Å². The Labute approximate surface area is 199 Å². The molecule has 5 rings (SSSR count). The molecule has 0 aromatic heterocycles. The molecule has 0 unspecified atom stereocenters. The molecule has 7 nitrogen and oxygen atoms in total. The number of piperazine rings is 1. The number of carbonyl (C=O) groups excluding carboxylic acids is 3. The number of halogens is 3. The van der Waals surface area contributed by atoms with Gasteiger partial charge in [0.1, 0.15) is 23.7 Å². The Bertz CT molecular complexity index is 1150. The van der Waals surface area contributed by atoms with Gasteiger partial charge in [0.15, 0.2) is 0 Å². The van der Waals surface area contributed by atoms with Gasteiger partial charge in [-0.1, -0.05) is 23.7 Å². The van der Waals surface area contributed by atoms with Gasteiger partial charge in [-0.2, -0.15) is 0 Å². The van der Waals surface area contributed by atoms with Gasteiger partial charge in [0.25, 0.3) is 5.91 Å². The maximum atomic E-state index is 13.4. The lowest BCUT2D eigenvalue weighted by atomic mass is 10.0. The molecule has 34 heavy (non-hydrogen) atoms. The highest BCUT2D eigenvalue weighted by Gasteiger charge is 2.55. The molecule has 0 spiro atoms. The van der Waals surface area contributed by atoms with Crippen molar-refractivity contribution in [1.82, 2.24) is 15.1 Å². The molecule has 3 aliphatic rings. The van der Waals surface area contributed by atoms with Crippen molar-refractivity contribution in [1.29, 1.82) is 0 Å². The van der Waals surface area contributed by atoms with Crippen molar-refractivity contribution in [2.24, 2.45) is 0 Å². The molecule has 0 bridgehead atoms. The Balaban J connectivity index is 1.25. The number of nitrogens with zero attached hydrogens (tertiary/aromatic N) is 2. The largest absolute Gasteiger partial charge is 0.372 e. The zero-order valence-electron chi connectivity index (χ0n) is 18.0. The van der Waals surface area contributed by atoms with Crippen LogP contribution < -0.4 is 5.32 Å². The molecule has 1 N–H and O–H groups in total. The second-order valence-electron chi connectivity index (χ2n) is 8.78. The van der Waals surface area contributed by atoms with Gasteiger partial charge in [0.05, 0.1) is 23.8 Å². The highest BCUT2D eigenvalue weighted by molar-refractivity contribution is 6.31. The first kappa shape index (κ1) is 22.7. The van der Waals surface area contributed by atoms with Gasteiger partial charge in [-0.05, 0) is 42.3 Å². The van der Waals surface area contributed by atoms with Crippen molar-refractivity contribution in [2.45, 2.75) is 43.7 Å². The molecule has 3 heterocycles. The molecule has 2 aromatic rings. The smallest absolute Gasteiger partial charge is 0.251 e. The summed E-state index contributed by atoms with van der Waals surface area (Å²) in [5, 5.41) is 2.64. The van der Waals surface area contributed by atoms with E-state index in [1.54, 1.807) is 12.1 Å². The average molecular weight is 490 g/mol. The molecule has 178 valence electrons. The maximum absolute atomic E-state index is 13.4. The zero-order chi connectivity index (χ0) is 24.0. The first-order chi connectivity index (χ1) is 16.3. The predicted octanol–water partition coefficient (Wildman–Crippen LogP) is 2.52. The van der Waals surface area contributed by atoms with Crippen molar-refractivity contribution in [3.63, 3.8) is 0 Å². The number of rotatable bonds is 5. The normalized spacial score (nSPS) is 26.0. The Hall–Kier alpha value is -3.04. The van der Waals surface area contributed by atoms with Crippen LogP contribution in [-0.4, -0.2) is 64.8 Å². The molecular weight excluding hydrogens is 468 g/mol. The number of ether oxygens (including phenoxy) is 1. The van der Waals surface area contributed by atoms with Crippen LogP contribution in [0.2, 0.25) is 5.02 Å². The Kier molecular flexibility index (Phi) is 5.99. The fraction of sp³-hybridized carbons (Fsp3) is 0.375. The minimum atomic E-state index is -0.792. The van der Waals surface area contributed by atoms with E-state index >= 15 is 0 Å². The van der Waals surface area contributed by atoms with Crippen molar-refractivity contribution in [3.05, 3.63) is 70.2 Å². The predicted molar refractivity (Wildman–Crippen MR) is 118 cm³/mol. The van der Waals surface area contributed by atoms with E-state index in [2.05, 4.69) is 5.32 Å². The summed E-state index contributed by atoms with van der Waals surface area (Å²) in [5.41, 5.74) is 0.973. The van der Waals surface area contributed by atoms with Crippen LogP contribution in [-0.2, 0) is 20.9 Å². The molecular formula is C24H22ClF2N3O4. The number of benzene rings is 2. The number of amides is 3. The van der Waals surface area contributed by atoms with Crippen LogP contribution in [0.3, 0.4) is 0 Å². The fourth-order valence-electron chi connectivity index (χ4n) is 4.94. The third kappa shape index (κ3) is 4.14. The van der Waals surface area contributed by atoms with Crippen molar-refractivity contribution in [3.8, 4) is 0 Å². The van der Waals surface area contributed by atoms with Gasteiger partial charge in [-0.3, -0.25) is 14.4 Å². The summed E-state index contributed by atoms with van der Waals surface area (Å²) in [5.74, 6) is -1.83. The topological polar surface area (TPSA) is 79.0 Å². The van der Waals surface area contributed by atoms with Gasteiger partial charge in [-0.15, -0.1) is 0 Å². The standard InChI is InChI=1S/C24H22ClF2N3O4/c25-17-9-14(3-6-18(17)27)22(31)28-19-7-8-29-21(19)24(33)30-11-16(10-20(30)23(29)32)34-12-13-1-4-15(26)5-2-13/h1-6,9,16,19-21H,7-8,10-12H2,(H,28,31)/t16-,19+,20+,21+/m1/s1. The van der Waals surface area contributed by atoms with Crippen LogP contribution in [0, 0.1) is 11.6 Å². The second kappa shape index (κ2) is 8.96. The number of fused-ring (bicyclic) bond motifs is 2. The van der Waals surface area contributed by atoms with Crippen molar-refractivity contribution >= 4 is 29.3 Å². The second-order valence-corrected chi connectivity index (χ2v) is 9.18. The van der Waals surface area contributed by atoms with E-state index in [1.165, 1.54) is 34.1 Å². The highest BCUT2D eigenvalue weighted by Crippen LogP contribution is 2.34. The number of carbonyl (C=O) groups is 3. The molecule has 4 atom stereocenters. The van der Waals surface area contributed by atoms with E-state index in [4.69, 9.17) is 16.3 Å². The van der Waals surface area contributed by atoms with Gasteiger partial charge in [0.2, 0.25) is 11.8 Å². The van der Waals surface area contributed by atoms with Crippen LogP contribution >= 0.6 is 11.6 Å². The molecule has 0 saturated carbocycles. The summed E-state index contributed by atoms with van der Waals surface area (Å²) in [6.45, 7) is 0.880. The minimum absolute atomic E-state index is 0.154. The molecule has 3 saturated heterocycles. The quantitative estimate of drug-likeness (QED) is 0.700. The first-order valence-corrected chi connectivity index (χ1v) is 11.4. The third-order valence-corrected chi connectivity index (χ3v) is 6.95. The Morgan fingerprint density at radius 2 is 1.85 bits per heavy atom. The van der Waals surface area contributed by atoms with Gasteiger partial charge in [0, 0.05) is 25.1 Å². The number of hydrogen-bond donors (Lipinski definition) is 1. The zero-order valence-corrected chi connectivity index (χ0v) is 18.8. The number of hydrogen-bond acceptors (Lipinski definition) is 4. The molecule has 0 radical (unpaired) electrons. The molecule has 2 aromatic carbocycles. The fourth-order valence-corrected chi connectivity index (χ4v) is 5.12. The lowest BCUT2D eigenvalue weighted by molar-refractivity contribution is -0.157. The summed E-state index contributed by atoms with van der Waals surface area (Å²) in [6, 6.07) is 7.67. The SMILES string of the molecule is O=C(N[C@H]1CCN2C(=O)[C@@H]3C[C@@H](OCc4ccc(F)cc4)CN3C(=O)[C@H]12)c1ccc(F)c(Cl)c1. The van der Waals surface area contributed by atoms with Gasteiger partial charge in [-0.25, -0.2) is 8.78 Å². The van der Waals surface area contributed by atoms with E-state index in [9.17, 15) is 23.2 Å². The highest BCUT2D eigenvalue weighted by atomic mass is 35.5. The Morgan fingerprint density at radius 1 is 1.09 bits per heavy atom. The molecule has 3 amide bonds. The van der Waals surface area contributed by atoms with E-state index in [1.807, 2.05) is 0 Å². The molecule has 3 fully saturated rings. The van der Waals surface area contributed by atoms with Crippen LogP contribution in [0.25, 0.3) is 0 Å². The Morgan fingerprint density at radius 3 is 2.59 bits per heavy atom.